The number of carbonyl (C=O) groups excluding carboxylic acids is 1. The molecule has 1 aliphatic rings. The van der Waals surface area contributed by atoms with Crippen molar-refractivity contribution < 1.29 is 14.7 Å². The van der Waals surface area contributed by atoms with E-state index in [4.69, 9.17) is 5.11 Å². The molecule has 1 amide bonds. The molecular formula is C20H20N4O3S. The molecule has 3 aromatic rings. The molecular weight excluding hydrogens is 376 g/mol. The second-order valence-corrected chi connectivity index (χ2v) is 8.02. The lowest BCUT2D eigenvalue weighted by molar-refractivity contribution is 0.0692. The van der Waals surface area contributed by atoms with E-state index in [1.54, 1.807) is 10.9 Å². The predicted molar refractivity (Wildman–Crippen MR) is 106 cm³/mol. The second kappa shape index (κ2) is 7.55. The lowest BCUT2D eigenvalue weighted by Gasteiger charge is -2.32. The van der Waals surface area contributed by atoms with Crippen molar-refractivity contribution in [3.63, 3.8) is 0 Å². The number of amides is 1. The zero-order valence-electron chi connectivity index (χ0n) is 15.4. The monoisotopic (exact) mass is 396 g/mol. The van der Waals surface area contributed by atoms with Gasteiger partial charge in [0.1, 0.15) is 4.88 Å². The number of hydrogen-bond donors (Lipinski definition) is 1. The summed E-state index contributed by atoms with van der Waals surface area (Å²) in [5.74, 6) is -0.970. The first-order valence-electron chi connectivity index (χ1n) is 9.12. The van der Waals surface area contributed by atoms with Gasteiger partial charge in [-0.05, 0) is 19.8 Å². The van der Waals surface area contributed by atoms with Crippen molar-refractivity contribution in [1.82, 2.24) is 19.7 Å². The van der Waals surface area contributed by atoms with E-state index in [1.807, 2.05) is 42.2 Å². The smallest absolute Gasteiger partial charge is 0.338 e. The van der Waals surface area contributed by atoms with Crippen LogP contribution < -0.4 is 0 Å². The Bertz CT molecular complexity index is 1000. The minimum absolute atomic E-state index is 0.00888. The number of piperidine rings is 1. The van der Waals surface area contributed by atoms with Gasteiger partial charge in [-0.2, -0.15) is 5.10 Å². The van der Waals surface area contributed by atoms with Crippen LogP contribution in [0.15, 0.2) is 42.7 Å². The van der Waals surface area contributed by atoms with Gasteiger partial charge in [0.2, 0.25) is 0 Å². The van der Waals surface area contributed by atoms with Crippen LogP contribution in [0.5, 0.6) is 0 Å². The number of hydrogen-bond acceptors (Lipinski definition) is 5. The molecule has 0 aliphatic carbocycles. The number of nitrogens with zero attached hydrogens (tertiary/aromatic N) is 4. The van der Waals surface area contributed by atoms with E-state index in [0.29, 0.717) is 18.0 Å². The molecule has 0 radical (unpaired) electrons. The quantitative estimate of drug-likeness (QED) is 0.729. The molecule has 1 saturated heterocycles. The summed E-state index contributed by atoms with van der Waals surface area (Å²) in [7, 11) is 0. The van der Waals surface area contributed by atoms with Crippen LogP contribution in [-0.2, 0) is 0 Å². The molecule has 28 heavy (non-hydrogen) atoms. The zero-order chi connectivity index (χ0) is 19.7. The molecule has 1 aromatic carbocycles. The lowest BCUT2D eigenvalue weighted by atomic mass is 10.0. The summed E-state index contributed by atoms with van der Waals surface area (Å²) in [6.07, 6.45) is 4.41. The van der Waals surface area contributed by atoms with Crippen molar-refractivity contribution in [3.8, 4) is 11.3 Å². The first-order valence-corrected chi connectivity index (χ1v) is 9.94. The minimum atomic E-state index is -0.979. The van der Waals surface area contributed by atoms with E-state index in [1.165, 1.54) is 17.5 Å². The van der Waals surface area contributed by atoms with E-state index < -0.39 is 5.97 Å². The number of benzene rings is 1. The Morgan fingerprint density at radius 2 is 1.89 bits per heavy atom. The van der Waals surface area contributed by atoms with Crippen LogP contribution in [0, 0.1) is 6.92 Å². The van der Waals surface area contributed by atoms with Crippen LogP contribution in [0.1, 0.15) is 43.9 Å². The number of likely N-dealkylation sites (tertiary alicyclic amines) is 1. The molecule has 144 valence electrons. The van der Waals surface area contributed by atoms with Gasteiger partial charge in [0, 0.05) is 24.8 Å². The number of rotatable bonds is 4. The topological polar surface area (TPSA) is 88.3 Å². The summed E-state index contributed by atoms with van der Waals surface area (Å²) < 4.78 is 1.71. The highest BCUT2D eigenvalue weighted by atomic mass is 32.1. The number of carboxylic acids is 1. The maximum atomic E-state index is 13.1. The van der Waals surface area contributed by atoms with Gasteiger partial charge in [-0.3, -0.25) is 9.48 Å². The van der Waals surface area contributed by atoms with Crippen molar-refractivity contribution in [2.45, 2.75) is 25.8 Å². The molecule has 0 saturated carbocycles. The number of thiazole rings is 1. The Labute approximate surface area is 166 Å². The van der Waals surface area contributed by atoms with E-state index in [9.17, 15) is 9.59 Å². The number of carboxylic acid groups (broad SMARTS) is 1. The van der Waals surface area contributed by atoms with Crippen LogP contribution in [0.3, 0.4) is 0 Å². The third kappa shape index (κ3) is 3.55. The maximum absolute atomic E-state index is 13.1. The van der Waals surface area contributed by atoms with E-state index in [2.05, 4.69) is 10.1 Å². The molecule has 4 rings (SSSR count). The highest BCUT2D eigenvalue weighted by Gasteiger charge is 2.28. The third-order valence-corrected chi connectivity index (χ3v) is 5.91. The molecule has 8 heteroatoms. The zero-order valence-corrected chi connectivity index (χ0v) is 16.2. The van der Waals surface area contributed by atoms with Crippen molar-refractivity contribution >= 4 is 23.2 Å². The van der Waals surface area contributed by atoms with Crippen molar-refractivity contribution in [3.05, 3.63) is 58.2 Å². The molecule has 0 spiro atoms. The minimum Gasteiger partial charge on any atom is -0.478 e. The third-order valence-electron chi connectivity index (χ3n) is 4.95. The SMILES string of the molecule is Cc1nc(-c2ccccc2)c(C(=O)N2CCC(n3cc(C(=O)O)cn3)CC2)s1. The normalized spacial score (nSPS) is 15.0. The van der Waals surface area contributed by atoms with Crippen LogP contribution >= 0.6 is 11.3 Å². The highest BCUT2D eigenvalue weighted by Crippen LogP contribution is 2.31. The van der Waals surface area contributed by atoms with Crippen LogP contribution in [0.2, 0.25) is 0 Å². The molecule has 0 unspecified atom stereocenters. The fourth-order valence-electron chi connectivity index (χ4n) is 3.49. The van der Waals surface area contributed by atoms with Gasteiger partial charge < -0.3 is 10.0 Å². The van der Waals surface area contributed by atoms with Crippen LogP contribution in [-0.4, -0.2) is 49.7 Å². The standard InChI is InChI=1S/C20H20N4O3S/c1-13-22-17(14-5-3-2-4-6-14)18(28-13)19(25)23-9-7-16(8-10-23)24-12-15(11-21-24)20(26)27/h2-6,11-12,16H,7-10H2,1H3,(H,26,27). The van der Waals surface area contributed by atoms with Gasteiger partial charge in [-0.25, -0.2) is 9.78 Å². The molecule has 0 bridgehead atoms. The summed E-state index contributed by atoms with van der Waals surface area (Å²) in [4.78, 5) is 31.3. The summed E-state index contributed by atoms with van der Waals surface area (Å²) >= 11 is 1.43. The molecule has 1 N–H and O–H groups in total. The first kappa shape index (κ1) is 18.4. The Hall–Kier alpha value is -3.00. The van der Waals surface area contributed by atoms with Gasteiger partial charge in [-0.1, -0.05) is 30.3 Å². The molecule has 2 aromatic heterocycles. The van der Waals surface area contributed by atoms with E-state index >= 15 is 0 Å². The summed E-state index contributed by atoms with van der Waals surface area (Å²) in [5.41, 5.74) is 1.88. The predicted octanol–water partition coefficient (Wildman–Crippen LogP) is 3.49. The van der Waals surface area contributed by atoms with Gasteiger partial charge in [0.15, 0.2) is 0 Å². The van der Waals surface area contributed by atoms with Gasteiger partial charge >= 0.3 is 5.97 Å². The Balaban J connectivity index is 1.48. The molecule has 1 aliphatic heterocycles. The van der Waals surface area contributed by atoms with Crippen LogP contribution in [0.25, 0.3) is 11.3 Å². The molecule has 1 fully saturated rings. The van der Waals surface area contributed by atoms with Gasteiger partial charge in [0.05, 0.1) is 28.5 Å². The summed E-state index contributed by atoms with van der Waals surface area (Å²) in [6.45, 7) is 3.13. The summed E-state index contributed by atoms with van der Waals surface area (Å²) in [6, 6.07) is 9.87. The molecule has 7 nitrogen and oxygen atoms in total. The average molecular weight is 396 g/mol. The Morgan fingerprint density at radius 3 is 2.54 bits per heavy atom. The summed E-state index contributed by atoms with van der Waals surface area (Å²) in [5, 5.41) is 14.1. The first-order chi connectivity index (χ1) is 13.5. The second-order valence-electron chi connectivity index (χ2n) is 6.81. The van der Waals surface area contributed by atoms with Crippen LogP contribution in [0.4, 0.5) is 0 Å². The Kier molecular flexibility index (Phi) is 4.95. The number of aromatic carboxylic acids is 1. The fraction of sp³-hybridized carbons (Fsp3) is 0.300. The van der Waals surface area contributed by atoms with Gasteiger partial charge in [-0.15, -0.1) is 11.3 Å². The maximum Gasteiger partial charge on any atom is 0.338 e. The number of aryl methyl sites for hydroxylation is 1. The largest absolute Gasteiger partial charge is 0.478 e. The van der Waals surface area contributed by atoms with Gasteiger partial charge in [0.25, 0.3) is 5.91 Å². The van der Waals surface area contributed by atoms with Crippen molar-refractivity contribution in [1.29, 1.82) is 0 Å². The lowest BCUT2D eigenvalue weighted by Crippen LogP contribution is -2.39. The molecule has 3 heterocycles. The van der Waals surface area contributed by atoms with Crippen molar-refractivity contribution in [2.75, 3.05) is 13.1 Å². The highest BCUT2D eigenvalue weighted by molar-refractivity contribution is 7.14. The average Bonchev–Trinajstić information content (AvgIpc) is 3.35. The van der Waals surface area contributed by atoms with E-state index in [0.717, 1.165) is 29.1 Å². The van der Waals surface area contributed by atoms with Crippen molar-refractivity contribution in [2.24, 2.45) is 0 Å². The fourth-order valence-corrected chi connectivity index (χ4v) is 4.40. The van der Waals surface area contributed by atoms with E-state index in [-0.39, 0.29) is 17.5 Å². The number of aromatic nitrogens is 3. The molecule has 0 atom stereocenters. The number of carbonyl (C=O) groups is 2. The Morgan fingerprint density at radius 1 is 1.18 bits per heavy atom.